The monoisotopic (exact) mass is 513 g/mol. The molecular formula is C29H32FN7O. The minimum atomic E-state index is -0.359. The fourth-order valence-corrected chi connectivity index (χ4v) is 4.49. The molecule has 2 aromatic carbocycles. The molecule has 0 amide bonds. The van der Waals surface area contributed by atoms with Crippen LogP contribution in [0.2, 0.25) is 0 Å². The topological polar surface area (TPSA) is 105 Å². The van der Waals surface area contributed by atoms with E-state index in [1.165, 1.54) is 25.3 Å². The summed E-state index contributed by atoms with van der Waals surface area (Å²) < 4.78 is 13.8. The number of hydrogen-bond donors (Lipinski definition) is 4. The van der Waals surface area contributed by atoms with Crippen molar-refractivity contribution in [1.82, 2.24) is 21.0 Å². The summed E-state index contributed by atoms with van der Waals surface area (Å²) >= 11 is 0. The fraction of sp³-hybridized carbons (Fsp3) is 0.345. The van der Waals surface area contributed by atoms with Crippen molar-refractivity contribution in [2.75, 3.05) is 17.2 Å². The standard InChI is InChI=1S/C29H32FN7O/c1-17(38)23-11-21(12-24-26(33-16-29(2,3)4)19(13-31)14-32-28(23)24)34-27(18-5-7-20(30)8-6-18)25-15-37(36-35-25)22-9-10-22/h5-8,11-12,14-15,22,27,34-36H,9-10,16H2,1-4H3,(H,32,33). The smallest absolute Gasteiger partial charge is 0.162 e. The molecule has 38 heavy (non-hydrogen) atoms. The van der Waals surface area contributed by atoms with Crippen LogP contribution in [0.3, 0.4) is 0 Å². The fourth-order valence-electron chi connectivity index (χ4n) is 4.49. The number of nitriles is 1. The molecule has 1 aliphatic carbocycles. The molecule has 4 N–H and O–H groups in total. The van der Waals surface area contributed by atoms with Gasteiger partial charge in [-0.1, -0.05) is 32.9 Å². The minimum absolute atomic E-state index is 0.0314. The lowest BCUT2D eigenvalue weighted by atomic mass is 9.96. The zero-order valence-corrected chi connectivity index (χ0v) is 22.0. The largest absolute Gasteiger partial charge is 0.383 e. The first-order valence-electron chi connectivity index (χ1n) is 12.8. The molecule has 0 bridgehead atoms. The van der Waals surface area contributed by atoms with Gasteiger partial charge in [-0.3, -0.25) is 14.8 Å². The van der Waals surface area contributed by atoms with Crippen molar-refractivity contribution < 1.29 is 9.18 Å². The van der Waals surface area contributed by atoms with Crippen molar-refractivity contribution >= 4 is 28.1 Å². The molecule has 8 nitrogen and oxygen atoms in total. The average Bonchev–Trinajstić information content (AvgIpc) is 3.62. The maximum Gasteiger partial charge on any atom is 0.162 e. The molecule has 196 valence electrons. The molecule has 3 aromatic rings. The summed E-state index contributed by atoms with van der Waals surface area (Å²) in [5.74, 6) is -0.441. The Labute approximate surface area is 221 Å². The predicted octanol–water partition coefficient (Wildman–Crippen LogP) is 5.39. The zero-order chi connectivity index (χ0) is 27.0. The maximum atomic E-state index is 13.8. The lowest BCUT2D eigenvalue weighted by Gasteiger charge is -2.24. The van der Waals surface area contributed by atoms with Gasteiger partial charge in [-0.05, 0) is 55.0 Å². The number of Topliss-reactive ketones (excluding diaryl/α,β-unsaturated/α-hetero) is 1. The lowest BCUT2D eigenvalue weighted by Crippen LogP contribution is -2.38. The highest BCUT2D eigenvalue weighted by molar-refractivity contribution is 6.10. The number of fused-ring (bicyclic) bond motifs is 1. The number of nitrogens with one attached hydrogen (secondary N) is 4. The summed E-state index contributed by atoms with van der Waals surface area (Å²) in [6.45, 7) is 8.47. The number of rotatable bonds is 8. The number of pyridine rings is 1. The molecule has 5 rings (SSSR count). The van der Waals surface area contributed by atoms with Crippen molar-refractivity contribution in [2.45, 2.75) is 52.6 Å². The van der Waals surface area contributed by atoms with Gasteiger partial charge >= 0.3 is 0 Å². The number of carbonyl (C=O) groups excluding carboxylic acids is 1. The molecular weight excluding hydrogens is 481 g/mol. The van der Waals surface area contributed by atoms with Crippen molar-refractivity contribution in [3.05, 3.63) is 77.0 Å². The Bertz CT molecular complexity index is 1450. The van der Waals surface area contributed by atoms with E-state index < -0.39 is 0 Å². The van der Waals surface area contributed by atoms with Crippen molar-refractivity contribution in [2.24, 2.45) is 5.41 Å². The number of benzene rings is 2. The molecule has 0 saturated heterocycles. The van der Waals surface area contributed by atoms with Crippen molar-refractivity contribution in [1.29, 1.82) is 5.26 Å². The number of aromatic nitrogens is 1. The summed E-state index contributed by atoms with van der Waals surface area (Å²) in [5.41, 5.74) is 10.9. The summed E-state index contributed by atoms with van der Waals surface area (Å²) in [4.78, 5) is 17.2. The van der Waals surface area contributed by atoms with E-state index in [2.05, 4.69) is 53.4 Å². The molecule has 1 saturated carbocycles. The molecule has 2 heterocycles. The van der Waals surface area contributed by atoms with Gasteiger partial charge in [-0.25, -0.2) is 4.39 Å². The van der Waals surface area contributed by atoms with Crippen LogP contribution >= 0.6 is 0 Å². The number of halogens is 1. The van der Waals surface area contributed by atoms with Crippen LogP contribution in [0.4, 0.5) is 15.8 Å². The van der Waals surface area contributed by atoms with Crippen LogP contribution in [0.5, 0.6) is 0 Å². The van der Waals surface area contributed by atoms with E-state index in [0.29, 0.717) is 46.0 Å². The van der Waals surface area contributed by atoms with E-state index in [9.17, 15) is 14.4 Å². The van der Waals surface area contributed by atoms with Crippen LogP contribution in [-0.2, 0) is 0 Å². The van der Waals surface area contributed by atoms with Crippen LogP contribution in [0.25, 0.3) is 10.9 Å². The maximum absolute atomic E-state index is 13.8. The van der Waals surface area contributed by atoms with Crippen LogP contribution in [0.15, 0.2) is 54.5 Å². The SMILES string of the molecule is CC(=O)c1cc(NC(C2=CN(C3CC3)NN2)c2ccc(F)cc2)cc2c(NCC(C)(C)C)c(C#N)cnc12. The van der Waals surface area contributed by atoms with Gasteiger partial charge in [-0.2, -0.15) is 5.26 Å². The number of nitrogens with zero attached hydrogens (tertiary/aromatic N) is 3. The summed E-state index contributed by atoms with van der Waals surface area (Å²) in [6.07, 6.45) is 5.79. The minimum Gasteiger partial charge on any atom is -0.383 e. The highest BCUT2D eigenvalue weighted by atomic mass is 19.1. The van der Waals surface area contributed by atoms with Crippen LogP contribution < -0.4 is 21.6 Å². The van der Waals surface area contributed by atoms with Crippen molar-refractivity contribution in [3.8, 4) is 6.07 Å². The third-order valence-corrected chi connectivity index (χ3v) is 6.64. The van der Waals surface area contributed by atoms with Gasteiger partial charge in [0.15, 0.2) is 5.78 Å². The number of hydrogen-bond acceptors (Lipinski definition) is 8. The zero-order valence-electron chi connectivity index (χ0n) is 22.0. The van der Waals surface area contributed by atoms with Gasteiger partial charge in [0.2, 0.25) is 0 Å². The Hall–Kier alpha value is -4.16. The second-order valence-electron chi connectivity index (χ2n) is 11.1. The van der Waals surface area contributed by atoms with E-state index in [0.717, 1.165) is 24.1 Å². The Kier molecular flexibility index (Phi) is 6.67. The van der Waals surface area contributed by atoms with Gasteiger partial charge in [-0.15, -0.1) is 5.53 Å². The lowest BCUT2D eigenvalue weighted by molar-refractivity contribution is 0.101. The van der Waals surface area contributed by atoms with E-state index >= 15 is 0 Å². The highest BCUT2D eigenvalue weighted by Crippen LogP contribution is 2.36. The molecule has 9 heteroatoms. The second kappa shape index (κ2) is 9.95. The quantitative estimate of drug-likeness (QED) is 0.297. The van der Waals surface area contributed by atoms with Crippen molar-refractivity contribution in [3.63, 3.8) is 0 Å². The Morgan fingerprint density at radius 3 is 2.63 bits per heavy atom. The third kappa shape index (κ3) is 5.41. The molecule has 1 aromatic heterocycles. The molecule has 1 atom stereocenters. The van der Waals surface area contributed by atoms with Gasteiger partial charge in [0.05, 0.1) is 28.5 Å². The first kappa shape index (κ1) is 25.5. The number of carbonyl (C=O) groups is 1. The molecule has 0 radical (unpaired) electrons. The average molecular weight is 514 g/mol. The van der Waals surface area contributed by atoms with Gasteiger partial charge in [0.1, 0.15) is 11.9 Å². The van der Waals surface area contributed by atoms with Crippen LogP contribution in [0.1, 0.15) is 68.1 Å². The van der Waals surface area contributed by atoms with Gasteiger partial charge < -0.3 is 16.1 Å². The molecule has 1 fully saturated rings. The van der Waals surface area contributed by atoms with E-state index in [4.69, 9.17) is 0 Å². The summed E-state index contributed by atoms with van der Waals surface area (Å²) in [6, 6.07) is 12.4. The van der Waals surface area contributed by atoms with Crippen LogP contribution in [0, 0.1) is 22.6 Å². The Balaban J connectivity index is 1.61. The van der Waals surface area contributed by atoms with Gasteiger partial charge in [0, 0.05) is 41.6 Å². The third-order valence-electron chi connectivity index (χ3n) is 6.64. The predicted molar refractivity (Wildman–Crippen MR) is 146 cm³/mol. The van der Waals surface area contributed by atoms with Gasteiger partial charge in [0.25, 0.3) is 0 Å². The number of anilines is 2. The van der Waals surface area contributed by atoms with Crippen LogP contribution in [-0.4, -0.2) is 28.4 Å². The first-order chi connectivity index (χ1) is 18.1. The Morgan fingerprint density at radius 1 is 1.26 bits per heavy atom. The molecule has 2 aliphatic rings. The van der Waals surface area contributed by atoms with E-state index in [1.807, 2.05) is 17.3 Å². The first-order valence-corrected chi connectivity index (χ1v) is 12.8. The summed E-state index contributed by atoms with van der Waals surface area (Å²) in [5, 5.41) is 19.5. The second-order valence-corrected chi connectivity index (χ2v) is 11.1. The molecule has 0 spiro atoms. The number of ketones is 1. The molecule has 1 aliphatic heterocycles. The number of hydrazine groups is 2. The highest BCUT2D eigenvalue weighted by Gasteiger charge is 2.32. The Morgan fingerprint density at radius 2 is 2.00 bits per heavy atom. The van der Waals surface area contributed by atoms with E-state index in [-0.39, 0.29) is 23.1 Å². The van der Waals surface area contributed by atoms with E-state index in [1.54, 1.807) is 18.2 Å². The molecule has 1 unspecified atom stereocenters. The normalized spacial score (nSPS) is 16.0. The summed E-state index contributed by atoms with van der Waals surface area (Å²) in [7, 11) is 0.